The van der Waals surface area contributed by atoms with Gasteiger partial charge in [-0.1, -0.05) is 36.4 Å². The van der Waals surface area contributed by atoms with Crippen LogP contribution in [0.25, 0.3) is 10.8 Å². The third-order valence-corrected chi connectivity index (χ3v) is 4.44. The second kappa shape index (κ2) is 6.52. The minimum atomic E-state index is -4.67. The Morgan fingerprint density at radius 1 is 1.04 bits per heavy atom. The highest BCUT2D eigenvalue weighted by Crippen LogP contribution is 2.46. The first kappa shape index (κ1) is 16.7. The second-order valence-electron chi connectivity index (χ2n) is 6.43. The maximum Gasteiger partial charge on any atom is 0.573 e. The molecule has 2 aromatic carbocycles. The summed E-state index contributed by atoms with van der Waals surface area (Å²) >= 11 is 0. The highest BCUT2D eigenvalue weighted by Gasteiger charge is 2.31. The van der Waals surface area contributed by atoms with Crippen molar-refractivity contribution in [1.29, 1.82) is 0 Å². The first-order chi connectivity index (χ1) is 12.5. The average molecular weight is 358 g/mol. The van der Waals surface area contributed by atoms with E-state index in [4.69, 9.17) is 0 Å². The molecule has 0 radical (unpaired) electrons. The van der Waals surface area contributed by atoms with E-state index in [1.807, 2.05) is 18.3 Å². The van der Waals surface area contributed by atoms with Crippen molar-refractivity contribution >= 4 is 16.6 Å². The standard InChI is InChI=1S/C20H17F3N2O/c21-20(22,23)26-16-9-5-13(6-10-16)11-24-19-18(14-7-8-14)17-4-2-1-3-15(17)12-25-19/h1-6,9-10,12,14H,7-8,11H2,(H,24,25). The van der Waals surface area contributed by atoms with Gasteiger partial charge in [-0.3, -0.25) is 0 Å². The van der Waals surface area contributed by atoms with E-state index >= 15 is 0 Å². The minimum absolute atomic E-state index is 0.219. The molecule has 0 bridgehead atoms. The molecule has 3 nitrogen and oxygen atoms in total. The predicted octanol–water partition coefficient (Wildman–Crippen LogP) is 5.62. The lowest BCUT2D eigenvalue weighted by molar-refractivity contribution is -0.274. The van der Waals surface area contributed by atoms with Crippen LogP contribution in [0.2, 0.25) is 0 Å². The number of pyridine rings is 1. The van der Waals surface area contributed by atoms with Gasteiger partial charge in [-0.2, -0.15) is 0 Å². The first-order valence-electron chi connectivity index (χ1n) is 8.46. The number of halogens is 3. The summed E-state index contributed by atoms with van der Waals surface area (Å²) in [7, 11) is 0. The van der Waals surface area contributed by atoms with Crippen LogP contribution in [0.15, 0.2) is 54.7 Å². The molecular formula is C20H17F3N2O. The molecule has 26 heavy (non-hydrogen) atoms. The third kappa shape index (κ3) is 3.74. The molecule has 1 N–H and O–H groups in total. The number of rotatable bonds is 5. The monoisotopic (exact) mass is 358 g/mol. The Labute approximate surface area is 148 Å². The quantitative estimate of drug-likeness (QED) is 0.642. The summed E-state index contributed by atoms with van der Waals surface area (Å²) in [5.74, 6) is 1.16. The maximum absolute atomic E-state index is 12.2. The Morgan fingerprint density at radius 2 is 1.77 bits per heavy atom. The van der Waals surface area contributed by atoms with E-state index < -0.39 is 6.36 Å². The molecule has 3 aromatic rings. The molecule has 1 saturated carbocycles. The van der Waals surface area contributed by atoms with Crippen molar-refractivity contribution in [3.63, 3.8) is 0 Å². The van der Waals surface area contributed by atoms with E-state index in [1.54, 1.807) is 12.1 Å². The summed E-state index contributed by atoms with van der Waals surface area (Å²) < 4.78 is 40.6. The Hall–Kier alpha value is -2.76. The number of aromatic nitrogens is 1. The Bertz CT molecular complexity index is 918. The lowest BCUT2D eigenvalue weighted by Crippen LogP contribution is -2.17. The molecule has 134 valence electrons. The number of fused-ring (bicyclic) bond motifs is 1. The van der Waals surface area contributed by atoms with Crippen LogP contribution in [0, 0.1) is 0 Å². The van der Waals surface area contributed by atoms with Crippen LogP contribution in [0.1, 0.15) is 29.9 Å². The SMILES string of the molecule is FC(F)(F)Oc1ccc(CNc2ncc3ccccc3c2C2CC2)cc1. The molecule has 0 saturated heterocycles. The van der Waals surface area contributed by atoms with Gasteiger partial charge < -0.3 is 10.1 Å². The largest absolute Gasteiger partial charge is 0.573 e. The number of benzene rings is 2. The number of ether oxygens (including phenoxy) is 1. The Kier molecular flexibility index (Phi) is 4.18. The van der Waals surface area contributed by atoms with Gasteiger partial charge in [0.15, 0.2) is 0 Å². The van der Waals surface area contributed by atoms with Crippen molar-refractivity contribution < 1.29 is 17.9 Å². The molecule has 0 spiro atoms. The van der Waals surface area contributed by atoms with Crippen molar-refractivity contribution in [3.8, 4) is 5.75 Å². The fourth-order valence-corrected chi connectivity index (χ4v) is 3.11. The Balaban J connectivity index is 1.52. The second-order valence-corrected chi connectivity index (χ2v) is 6.43. The smallest absolute Gasteiger partial charge is 0.406 e. The number of nitrogens with one attached hydrogen (secondary N) is 1. The zero-order chi connectivity index (χ0) is 18.1. The van der Waals surface area contributed by atoms with Gasteiger partial charge in [0.05, 0.1) is 0 Å². The highest BCUT2D eigenvalue weighted by atomic mass is 19.4. The molecule has 1 aliphatic carbocycles. The lowest BCUT2D eigenvalue weighted by Gasteiger charge is -2.14. The van der Waals surface area contributed by atoms with Crippen molar-refractivity contribution in [2.75, 3.05) is 5.32 Å². The van der Waals surface area contributed by atoms with Crippen molar-refractivity contribution in [2.45, 2.75) is 31.7 Å². The maximum atomic E-state index is 12.2. The first-order valence-corrected chi connectivity index (χ1v) is 8.46. The minimum Gasteiger partial charge on any atom is -0.406 e. The van der Waals surface area contributed by atoms with Gasteiger partial charge in [-0.25, -0.2) is 4.98 Å². The van der Waals surface area contributed by atoms with Gasteiger partial charge in [0.2, 0.25) is 0 Å². The predicted molar refractivity (Wildman–Crippen MR) is 94.2 cm³/mol. The van der Waals surface area contributed by atoms with Crippen LogP contribution >= 0.6 is 0 Å². The average Bonchev–Trinajstić information content (AvgIpc) is 3.44. The summed E-state index contributed by atoms with van der Waals surface area (Å²) in [5, 5.41) is 5.67. The number of hydrogen-bond donors (Lipinski definition) is 1. The van der Waals surface area contributed by atoms with Crippen molar-refractivity contribution in [1.82, 2.24) is 4.98 Å². The molecule has 1 aromatic heterocycles. The number of hydrogen-bond acceptors (Lipinski definition) is 3. The van der Waals surface area contributed by atoms with Gasteiger partial charge >= 0.3 is 6.36 Å². The third-order valence-electron chi connectivity index (χ3n) is 4.44. The van der Waals surface area contributed by atoms with Crippen LogP contribution in [0.3, 0.4) is 0 Å². The van der Waals surface area contributed by atoms with Gasteiger partial charge in [0, 0.05) is 23.7 Å². The number of anilines is 1. The fourth-order valence-electron chi connectivity index (χ4n) is 3.11. The molecule has 4 rings (SSSR count). The normalized spacial score (nSPS) is 14.4. The topological polar surface area (TPSA) is 34.1 Å². The number of nitrogens with zero attached hydrogens (tertiary/aromatic N) is 1. The molecule has 1 aliphatic rings. The number of alkyl halides is 3. The van der Waals surface area contributed by atoms with Crippen LogP contribution in [-0.4, -0.2) is 11.3 Å². The van der Waals surface area contributed by atoms with Crippen LogP contribution in [0.5, 0.6) is 5.75 Å². The molecule has 0 aliphatic heterocycles. The van der Waals surface area contributed by atoms with Gasteiger partial charge in [-0.05, 0) is 41.8 Å². The summed E-state index contributed by atoms with van der Waals surface area (Å²) in [6.45, 7) is 0.483. The van der Waals surface area contributed by atoms with Gasteiger partial charge in [-0.15, -0.1) is 13.2 Å². The summed E-state index contributed by atoms with van der Waals surface area (Å²) in [4.78, 5) is 4.56. The van der Waals surface area contributed by atoms with Crippen LogP contribution in [0.4, 0.5) is 19.0 Å². The van der Waals surface area contributed by atoms with E-state index in [-0.39, 0.29) is 5.75 Å². The van der Waals surface area contributed by atoms with E-state index in [1.165, 1.54) is 23.1 Å². The van der Waals surface area contributed by atoms with Crippen molar-refractivity contribution in [2.24, 2.45) is 0 Å². The van der Waals surface area contributed by atoms with Crippen LogP contribution in [-0.2, 0) is 6.54 Å². The highest BCUT2D eigenvalue weighted by molar-refractivity contribution is 5.89. The Morgan fingerprint density at radius 3 is 2.46 bits per heavy atom. The van der Waals surface area contributed by atoms with E-state index in [9.17, 15) is 13.2 Å². The van der Waals surface area contributed by atoms with Crippen molar-refractivity contribution in [3.05, 3.63) is 65.9 Å². The van der Waals surface area contributed by atoms with Crippen LogP contribution < -0.4 is 10.1 Å². The molecule has 1 heterocycles. The molecule has 0 unspecified atom stereocenters. The molecule has 0 atom stereocenters. The molecule has 6 heteroatoms. The van der Waals surface area contributed by atoms with E-state index in [0.717, 1.165) is 29.6 Å². The molecule has 0 amide bonds. The summed E-state index contributed by atoms with van der Waals surface area (Å²) in [6, 6.07) is 14.1. The summed E-state index contributed by atoms with van der Waals surface area (Å²) in [5.41, 5.74) is 2.09. The zero-order valence-electron chi connectivity index (χ0n) is 13.9. The summed E-state index contributed by atoms with van der Waals surface area (Å²) in [6.07, 6.45) is -0.501. The van der Waals surface area contributed by atoms with E-state index in [0.29, 0.717) is 12.5 Å². The van der Waals surface area contributed by atoms with Gasteiger partial charge in [0.1, 0.15) is 11.6 Å². The zero-order valence-corrected chi connectivity index (χ0v) is 13.9. The van der Waals surface area contributed by atoms with E-state index in [2.05, 4.69) is 27.2 Å². The lowest BCUT2D eigenvalue weighted by atomic mass is 10.0. The molecular weight excluding hydrogens is 341 g/mol. The van der Waals surface area contributed by atoms with Gasteiger partial charge in [0.25, 0.3) is 0 Å². The fraction of sp³-hybridized carbons (Fsp3) is 0.250. The molecule has 1 fully saturated rings.